The first-order chi connectivity index (χ1) is 11.3. The summed E-state index contributed by atoms with van der Waals surface area (Å²) in [5.74, 6) is -0.339. The predicted molar refractivity (Wildman–Crippen MR) is 75.5 cm³/mol. The Morgan fingerprint density at radius 1 is 1.38 bits per heavy atom. The third-order valence-electron chi connectivity index (χ3n) is 3.74. The number of nitrogens with zero attached hydrogens (tertiary/aromatic N) is 3. The van der Waals surface area contributed by atoms with Crippen LogP contribution in [0.3, 0.4) is 0 Å². The summed E-state index contributed by atoms with van der Waals surface area (Å²) in [6, 6.07) is 2.11. The third-order valence-corrected chi connectivity index (χ3v) is 3.74. The molecule has 0 N–H and O–H groups in total. The molecule has 2 aromatic rings. The molecule has 0 aromatic carbocycles. The highest BCUT2D eigenvalue weighted by molar-refractivity contribution is 5.96. The highest BCUT2D eigenvalue weighted by Crippen LogP contribution is 2.35. The molecule has 1 aliphatic rings. The minimum absolute atomic E-state index is 0.177. The number of pyridine rings is 1. The van der Waals surface area contributed by atoms with E-state index in [0.29, 0.717) is 17.0 Å². The Kier molecular flexibility index (Phi) is 3.94. The molecule has 0 radical (unpaired) electrons. The molecule has 0 spiro atoms. The second-order valence-corrected chi connectivity index (χ2v) is 5.50. The summed E-state index contributed by atoms with van der Waals surface area (Å²) in [5.41, 5.74) is -0.0753. The Bertz CT molecular complexity index is 747. The fourth-order valence-electron chi connectivity index (χ4n) is 2.48. The standard InChI is InChI=1S/C15H14F3N3O3/c1-8-12(9(2)24-20-8)14(22)21-6-10(7-21)23-13-11(15(16,17)18)4-3-5-19-13/h3-5,10H,6-7H2,1-2H3. The Morgan fingerprint density at radius 3 is 2.67 bits per heavy atom. The molecular weight excluding hydrogens is 327 g/mol. The molecule has 0 atom stereocenters. The van der Waals surface area contributed by atoms with E-state index in [1.165, 1.54) is 17.2 Å². The van der Waals surface area contributed by atoms with Crippen LogP contribution in [0.5, 0.6) is 5.88 Å². The zero-order valence-electron chi connectivity index (χ0n) is 12.9. The van der Waals surface area contributed by atoms with Crippen molar-refractivity contribution in [3.05, 3.63) is 40.9 Å². The second-order valence-electron chi connectivity index (χ2n) is 5.50. The van der Waals surface area contributed by atoms with E-state index < -0.39 is 23.7 Å². The van der Waals surface area contributed by atoms with Gasteiger partial charge in [0, 0.05) is 6.20 Å². The van der Waals surface area contributed by atoms with Crippen LogP contribution in [0, 0.1) is 13.8 Å². The second kappa shape index (κ2) is 5.81. The maximum Gasteiger partial charge on any atom is 0.421 e. The summed E-state index contributed by atoms with van der Waals surface area (Å²) >= 11 is 0. The Hall–Kier alpha value is -2.58. The number of carbonyl (C=O) groups excluding carboxylic acids is 1. The maximum absolute atomic E-state index is 12.9. The van der Waals surface area contributed by atoms with E-state index >= 15 is 0 Å². The van der Waals surface area contributed by atoms with Crippen molar-refractivity contribution in [1.82, 2.24) is 15.0 Å². The van der Waals surface area contributed by atoms with Crippen LogP contribution in [-0.2, 0) is 6.18 Å². The number of aryl methyl sites for hydroxylation is 2. The molecule has 2 aromatic heterocycles. The number of hydrogen-bond donors (Lipinski definition) is 0. The van der Waals surface area contributed by atoms with Crippen LogP contribution in [-0.4, -0.2) is 40.1 Å². The number of alkyl halides is 3. The number of rotatable bonds is 3. The van der Waals surface area contributed by atoms with Gasteiger partial charge in [0.25, 0.3) is 5.91 Å². The molecule has 24 heavy (non-hydrogen) atoms. The molecule has 3 heterocycles. The zero-order valence-corrected chi connectivity index (χ0v) is 12.9. The van der Waals surface area contributed by atoms with E-state index in [4.69, 9.17) is 9.26 Å². The fraction of sp³-hybridized carbons (Fsp3) is 0.400. The number of likely N-dealkylation sites (tertiary alicyclic amines) is 1. The van der Waals surface area contributed by atoms with Gasteiger partial charge in [-0.1, -0.05) is 5.16 Å². The van der Waals surface area contributed by atoms with Gasteiger partial charge in [-0.05, 0) is 26.0 Å². The number of hydrogen-bond acceptors (Lipinski definition) is 5. The van der Waals surface area contributed by atoms with Gasteiger partial charge < -0.3 is 14.2 Å². The molecule has 0 saturated carbocycles. The van der Waals surface area contributed by atoms with Crippen molar-refractivity contribution in [2.75, 3.05) is 13.1 Å². The van der Waals surface area contributed by atoms with Crippen molar-refractivity contribution in [2.45, 2.75) is 26.1 Å². The smallest absolute Gasteiger partial charge is 0.421 e. The summed E-state index contributed by atoms with van der Waals surface area (Å²) in [6.45, 7) is 3.64. The van der Waals surface area contributed by atoms with Gasteiger partial charge in [0.05, 0.1) is 18.8 Å². The minimum Gasteiger partial charge on any atom is -0.470 e. The van der Waals surface area contributed by atoms with Crippen LogP contribution in [0.25, 0.3) is 0 Å². The molecule has 128 valence electrons. The maximum atomic E-state index is 12.9. The molecule has 9 heteroatoms. The molecule has 1 saturated heterocycles. The summed E-state index contributed by atoms with van der Waals surface area (Å²) < 4.78 is 48.9. The van der Waals surface area contributed by atoms with Crippen LogP contribution >= 0.6 is 0 Å². The van der Waals surface area contributed by atoms with Gasteiger partial charge in [0.2, 0.25) is 5.88 Å². The Labute approximate surface area is 135 Å². The van der Waals surface area contributed by atoms with E-state index in [0.717, 1.165) is 6.07 Å². The van der Waals surface area contributed by atoms with Crippen LogP contribution in [0.15, 0.2) is 22.9 Å². The van der Waals surface area contributed by atoms with Crippen molar-refractivity contribution < 1.29 is 27.2 Å². The van der Waals surface area contributed by atoms with E-state index in [1.54, 1.807) is 13.8 Å². The summed E-state index contributed by atoms with van der Waals surface area (Å²) in [7, 11) is 0. The first-order valence-electron chi connectivity index (χ1n) is 7.18. The van der Waals surface area contributed by atoms with Crippen LogP contribution in [0.4, 0.5) is 13.2 Å². The molecule has 1 fully saturated rings. The predicted octanol–water partition coefficient (Wildman–Crippen LogP) is 2.61. The van der Waals surface area contributed by atoms with E-state index in [1.807, 2.05) is 0 Å². The van der Waals surface area contributed by atoms with Crippen LogP contribution < -0.4 is 4.74 Å². The average molecular weight is 341 g/mol. The molecule has 0 unspecified atom stereocenters. The monoisotopic (exact) mass is 341 g/mol. The SMILES string of the molecule is Cc1noc(C)c1C(=O)N1CC(Oc2ncccc2C(F)(F)F)C1. The van der Waals surface area contributed by atoms with E-state index in [9.17, 15) is 18.0 Å². The van der Waals surface area contributed by atoms with Gasteiger partial charge in [-0.25, -0.2) is 4.98 Å². The normalized spacial score (nSPS) is 15.3. The first kappa shape index (κ1) is 16.3. The number of carbonyl (C=O) groups is 1. The molecule has 0 aliphatic carbocycles. The van der Waals surface area contributed by atoms with Crippen molar-refractivity contribution in [3.8, 4) is 5.88 Å². The molecular formula is C15H14F3N3O3. The fourth-order valence-corrected chi connectivity index (χ4v) is 2.48. The molecule has 3 rings (SSSR count). The van der Waals surface area contributed by atoms with E-state index in [2.05, 4.69) is 10.1 Å². The average Bonchev–Trinajstić information content (AvgIpc) is 2.80. The largest absolute Gasteiger partial charge is 0.470 e. The van der Waals surface area contributed by atoms with Crippen molar-refractivity contribution in [1.29, 1.82) is 0 Å². The quantitative estimate of drug-likeness (QED) is 0.858. The van der Waals surface area contributed by atoms with Gasteiger partial charge in [-0.2, -0.15) is 13.2 Å². The van der Waals surface area contributed by atoms with Crippen molar-refractivity contribution >= 4 is 5.91 Å². The van der Waals surface area contributed by atoms with Gasteiger partial charge in [-0.3, -0.25) is 4.79 Å². The molecule has 0 bridgehead atoms. The molecule has 1 amide bonds. The lowest BCUT2D eigenvalue weighted by Crippen LogP contribution is -2.56. The van der Waals surface area contributed by atoms with Crippen LogP contribution in [0.1, 0.15) is 27.4 Å². The number of aromatic nitrogens is 2. The number of halogens is 3. The lowest BCUT2D eigenvalue weighted by atomic mass is 10.1. The van der Waals surface area contributed by atoms with Gasteiger partial charge in [0.15, 0.2) is 0 Å². The van der Waals surface area contributed by atoms with Crippen LogP contribution in [0.2, 0.25) is 0 Å². The van der Waals surface area contributed by atoms with Gasteiger partial charge in [0.1, 0.15) is 23.0 Å². The lowest BCUT2D eigenvalue weighted by molar-refractivity contribution is -0.140. The van der Waals surface area contributed by atoms with Gasteiger partial charge in [-0.15, -0.1) is 0 Å². The van der Waals surface area contributed by atoms with Crippen molar-refractivity contribution in [2.24, 2.45) is 0 Å². The summed E-state index contributed by atoms with van der Waals surface area (Å²) in [4.78, 5) is 17.4. The minimum atomic E-state index is -4.54. The highest BCUT2D eigenvalue weighted by Gasteiger charge is 2.39. The Balaban J connectivity index is 1.65. The Morgan fingerprint density at radius 2 is 2.08 bits per heavy atom. The third kappa shape index (κ3) is 2.93. The first-order valence-corrected chi connectivity index (χ1v) is 7.18. The lowest BCUT2D eigenvalue weighted by Gasteiger charge is -2.38. The zero-order chi connectivity index (χ0) is 17.5. The summed E-state index contributed by atoms with van der Waals surface area (Å²) in [5, 5.41) is 3.71. The number of ether oxygens (including phenoxy) is 1. The number of amides is 1. The highest BCUT2D eigenvalue weighted by atomic mass is 19.4. The summed E-state index contributed by atoms with van der Waals surface area (Å²) in [6.07, 6.45) is -3.85. The topological polar surface area (TPSA) is 68.5 Å². The van der Waals surface area contributed by atoms with E-state index in [-0.39, 0.29) is 19.0 Å². The van der Waals surface area contributed by atoms with Gasteiger partial charge >= 0.3 is 6.18 Å². The van der Waals surface area contributed by atoms with Crippen molar-refractivity contribution in [3.63, 3.8) is 0 Å². The molecule has 1 aliphatic heterocycles. The molecule has 6 nitrogen and oxygen atoms in total.